The number of hydrogen-bond acceptors (Lipinski definition) is 5. The minimum Gasteiger partial charge on any atom is -0.504 e. The van der Waals surface area contributed by atoms with Gasteiger partial charge in [0.25, 0.3) is 10.0 Å². The Labute approximate surface area is 141 Å². The second kappa shape index (κ2) is 7.83. The Morgan fingerprint density at radius 3 is 2.42 bits per heavy atom. The van der Waals surface area contributed by atoms with Gasteiger partial charge in [-0.3, -0.25) is 0 Å². The predicted molar refractivity (Wildman–Crippen MR) is 92.7 cm³/mol. The summed E-state index contributed by atoms with van der Waals surface area (Å²) in [7, 11) is -3.75. The number of sulfonamides is 1. The molecule has 2 aromatic carbocycles. The predicted octanol–water partition coefficient (Wildman–Crippen LogP) is 2.75. The molecule has 24 heavy (non-hydrogen) atoms. The standard InChI is InChI=1S/C17H20N2O4S/c1-2-3-4-13-5-8-15(9-6-13)24(22,23)19-18-12-14-7-10-16(20)17(21)11-14/h5-12,19-21H,2-4H2,1H3/b18-12+. The third kappa shape index (κ3) is 4.73. The Balaban J connectivity index is 2.04. The zero-order valence-electron chi connectivity index (χ0n) is 13.3. The number of aromatic hydroxyl groups is 2. The van der Waals surface area contributed by atoms with Crippen molar-refractivity contribution in [2.45, 2.75) is 31.1 Å². The van der Waals surface area contributed by atoms with Crippen molar-refractivity contribution in [3.8, 4) is 11.5 Å². The molecule has 0 unspecified atom stereocenters. The van der Waals surface area contributed by atoms with E-state index in [9.17, 15) is 18.6 Å². The Morgan fingerprint density at radius 2 is 1.79 bits per heavy atom. The maximum Gasteiger partial charge on any atom is 0.276 e. The van der Waals surface area contributed by atoms with Gasteiger partial charge in [-0.25, -0.2) is 4.83 Å². The van der Waals surface area contributed by atoms with Crippen LogP contribution in [-0.4, -0.2) is 24.8 Å². The van der Waals surface area contributed by atoms with E-state index in [2.05, 4.69) is 16.9 Å². The summed E-state index contributed by atoms with van der Waals surface area (Å²) in [6.07, 6.45) is 4.32. The number of phenolic OH excluding ortho intramolecular Hbond substituents is 2. The molecule has 128 valence electrons. The van der Waals surface area contributed by atoms with Crippen LogP contribution in [0.1, 0.15) is 30.9 Å². The Bertz CT molecular complexity index is 815. The smallest absolute Gasteiger partial charge is 0.276 e. The fraction of sp³-hybridized carbons (Fsp3) is 0.235. The summed E-state index contributed by atoms with van der Waals surface area (Å²) in [6, 6.07) is 10.8. The first-order valence-electron chi connectivity index (χ1n) is 7.58. The molecular weight excluding hydrogens is 328 g/mol. The largest absolute Gasteiger partial charge is 0.504 e. The molecule has 0 radical (unpaired) electrons. The minimum absolute atomic E-state index is 0.133. The number of hydrogen-bond donors (Lipinski definition) is 3. The molecule has 0 bridgehead atoms. The van der Waals surface area contributed by atoms with E-state index in [1.807, 2.05) is 0 Å². The molecule has 0 spiro atoms. The van der Waals surface area contributed by atoms with E-state index in [-0.39, 0.29) is 16.4 Å². The van der Waals surface area contributed by atoms with Crippen LogP contribution in [0.25, 0.3) is 0 Å². The summed E-state index contributed by atoms with van der Waals surface area (Å²) >= 11 is 0. The summed E-state index contributed by atoms with van der Waals surface area (Å²) in [6.45, 7) is 2.11. The molecule has 7 heteroatoms. The lowest BCUT2D eigenvalue weighted by Crippen LogP contribution is -2.18. The van der Waals surface area contributed by atoms with Gasteiger partial charge in [0.05, 0.1) is 11.1 Å². The highest BCUT2D eigenvalue weighted by atomic mass is 32.2. The van der Waals surface area contributed by atoms with Gasteiger partial charge in [-0.05, 0) is 54.3 Å². The molecule has 6 nitrogen and oxygen atoms in total. The molecule has 3 N–H and O–H groups in total. The maximum absolute atomic E-state index is 12.2. The number of hydrazone groups is 1. The highest BCUT2D eigenvalue weighted by molar-refractivity contribution is 7.89. The number of aryl methyl sites for hydroxylation is 1. The molecule has 0 aliphatic heterocycles. The number of nitrogens with one attached hydrogen (secondary N) is 1. The lowest BCUT2D eigenvalue weighted by molar-refractivity contribution is 0.403. The SMILES string of the molecule is CCCCc1ccc(S(=O)(=O)N/N=C/c2ccc(O)c(O)c2)cc1. The van der Waals surface area contributed by atoms with Gasteiger partial charge in [0.1, 0.15) is 0 Å². The Morgan fingerprint density at radius 1 is 1.08 bits per heavy atom. The Kier molecular flexibility index (Phi) is 5.81. The van der Waals surface area contributed by atoms with Gasteiger partial charge in [0, 0.05) is 0 Å². The van der Waals surface area contributed by atoms with Crippen molar-refractivity contribution >= 4 is 16.2 Å². The van der Waals surface area contributed by atoms with Gasteiger partial charge < -0.3 is 10.2 Å². The third-order valence-corrected chi connectivity index (χ3v) is 4.68. The van der Waals surface area contributed by atoms with E-state index in [1.165, 1.54) is 24.4 Å². The number of phenols is 2. The van der Waals surface area contributed by atoms with Gasteiger partial charge in [-0.1, -0.05) is 25.5 Å². The second-order valence-electron chi connectivity index (χ2n) is 5.35. The van der Waals surface area contributed by atoms with Crippen LogP contribution >= 0.6 is 0 Å². The molecular formula is C17H20N2O4S. The first kappa shape index (κ1) is 17.8. The molecule has 2 aromatic rings. The van der Waals surface area contributed by atoms with Gasteiger partial charge in [-0.15, -0.1) is 0 Å². The highest BCUT2D eigenvalue weighted by Gasteiger charge is 2.12. The molecule has 0 aliphatic rings. The quantitative estimate of drug-likeness (QED) is 0.407. The van der Waals surface area contributed by atoms with Crippen LogP contribution < -0.4 is 4.83 Å². The molecule has 0 saturated heterocycles. The fourth-order valence-corrected chi connectivity index (χ4v) is 2.85. The van der Waals surface area contributed by atoms with Crippen LogP contribution in [0.4, 0.5) is 0 Å². The molecule has 0 aliphatic carbocycles. The third-order valence-electron chi connectivity index (χ3n) is 3.44. The van der Waals surface area contributed by atoms with Gasteiger partial charge in [0.2, 0.25) is 0 Å². The molecule has 0 aromatic heterocycles. The van der Waals surface area contributed by atoms with E-state index < -0.39 is 10.0 Å². The van der Waals surface area contributed by atoms with E-state index in [0.29, 0.717) is 5.56 Å². The van der Waals surface area contributed by atoms with Crippen molar-refractivity contribution in [3.05, 3.63) is 53.6 Å². The average molecular weight is 348 g/mol. The summed E-state index contributed by atoms with van der Waals surface area (Å²) in [5.74, 6) is -0.555. The first-order valence-corrected chi connectivity index (χ1v) is 9.06. The summed E-state index contributed by atoms with van der Waals surface area (Å²) in [5.41, 5.74) is 1.54. The van der Waals surface area contributed by atoms with E-state index in [4.69, 9.17) is 0 Å². The topological polar surface area (TPSA) is 99.0 Å². The van der Waals surface area contributed by atoms with Crippen LogP contribution in [0.3, 0.4) is 0 Å². The summed E-state index contributed by atoms with van der Waals surface area (Å²) in [5, 5.41) is 22.3. The van der Waals surface area contributed by atoms with Crippen LogP contribution in [0.5, 0.6) is 11.5 Å². The van der Waals surface area contributed by atoms with E-state index in [0.717, 1.165) is 24.8 Å². The van der Waals surface area contributed by atoms with Crippen molar-refractivity contribution in [1.82, 2.24) is 4.83 Å². The zero-order chi connectivity index (χ0) is 17.6. The molecule has 0 atom stereocenters. The number of benzene rings is 2. The molecule has 0 amide bonds. The van der Waals surface area contributed by atoms with E-state index in [1.54, 1.807) is 24.3 Å². The second-order valence-corrected chi connectivity index (χ2v) is 7.01. The van der Waals surface area contributed by atoms with Gasteiger partial charge in [0.15, 0.2) is 11.5 Å². The summed E-state index contributed by atoms with van der Waals surface area (Å²) in [4.78, 5) is 2.25. The summed E-state index contributed by atoms with van der Waals surface area (Å²) < 4.78 is 24.3. The van der Waals surface area contributed by atoms with Crippen LogP contribution in [0, 0.1) is 0 Å². The van der Waals surface area contributed by atoms with Crippen LogP contribution in [0.2, 0.25) is 0 Å². The number of unbranched alkanes of at least 4 members (excludes halogenated alkanes) is 1. The highest BCUT2D eigenvalue weighted by Crippen LogP contribution is 2.24. The van der Waals surface area contributed by atoms with Crippen molar-refractivity contribution in [2.24, 2.45) is 5.10 Å². The van der Waals surface area contributed by atoms with Gasteiger partial charge in [-0.2, -0.15) is 13.5 Å². The first-order chi connectivity index (χ1) is 11.4. The average Bonchev–Trinajstić information content (AvgIpc) is 2.56. The monoisotopic (exact) mass is 348 g/mol. The van der Waals surface area contributed by atoms with Crippen molar-refractivity contribution in [2.75, 3.05) is 0 Å². The van der Waals surface area contributed by atoms with Crippen molar-refractivity contribution in [1.29, 1.82) is 0 Å². The van der Waals surface area contributed by atoms with Crippen molar-refractivity contribution in [3.63, 3.8) is 0 Å². The molecule has 0 heterocycles. The Hall–Kier alpha value is -2.54. The number of nitrogens with zero attached hydrogens (tertiary/aromatic N) is 1. The van der Waals surface area contributed by atoms with Crippen molar-refractivity contribution < 1.29 is 18.6 Å². The normalized spacial score (nSPS) is 11.7. The lowest BCUT2D eigenvalue weighted by atomic mass is 10.1. The van der Waals surface area contributed by atoms with Crippen LogP contribution in [0.15, 0.2) is 52.5 Å². The molecule has 2 rings (SSSR count). The zero-order valence-corrected chi connectivity index (χ0v) is 14.1. The molecule has 0 fully saturated rings. The maximum atomic E-state index is 12.2. The number of rotatable bonds is 7. The van der Waals surface area contributed by atoms with E-state index >= 15 is 0 Å². The fourth-order valence-electron chi connectivity index (χ4n) is 2.06. The lowest BCUT2D eigenvalue weighted by Gasteiger charge is -2.05. The molecule has 0 saturated carbocycles. The van der Waals surface area contributed by atoms with Crippen LogP contribution in [-0.2, 0) is 16.4 Å². The minimum atomic E-state index is -3.75. The van der Waals surface area contributed by atoms with Gasteiger partial charge >= 0.3 is 0 Å².